The fourth-order valence-corrected chi connectivity index (χ4v) is 0. The number of rotatable bonds is 0. The van der Waals surface area contributed by atoms with Crippen molar-refractivity contribution in [1.29, 1.82) is 0 Å². The molecule has 0 aromatic heterocycles. The first-order chi connectivity index (χ1) is 1.41. The maximum atomic E-state index is 9.12. The molecule has 0 aromatic rings. The zero-order chi connectivity index (χ0) is 2.71. The minimum absolute atomic E-state index is 0. The Morgan fingerprint density at radius 1 is 1.20 bits per heavy atom. The zero-order valence-electron chi connectivity index (χ0n) is 2.11. The van der Waals surface area contributed by atoms with Gasteiger partial charge in [0.05, 0.1) is 0 Å². The SMILES string of the molecule is FOF.[P].[Sn]. The van der Waals surface area contributed by atoms with Gasteiger partial charge >= 0.3 is 0 Å². The van der Waals surface area contributed by atoms with E-state index in [1.165, 1.54) is 5.15 Å². The van der Waals surface area contributed by atoms with Crippen LogP contribution in [0.1, 0.15) is 0 Å². The fourth-order valence-electron chi connectivity index (χ4n) is 0. The average molecular weight is 204 g/mol. The van der Waals surface area contributed by atoms with Gasteiger partial charge in [-0.15, -0.1) is 0 Å². The van der Waals surface area contributed by atoms with E-state index in [2.05, 4.69) is 0 Å². The molecule has 0 fully saturated rings. The summed E-state index contributed by atoms with van der Waals surface area (Å²) in [6, 6.07) is 0. The van der Waals surface area contributed by atoms with E-state index in [0.717, 1.165) is 0 Å². The van der Waals surface area contributed by atoms with Crippen molar-refractivity contribution in [1.82, 2.24) is 0 Å². The minimum atomic E-state index is 0. The van der Waals surface area contributed by atoms with Gasteiger partial charge in [-0.05, 0) is 9.05 Å². The third-order valence-electron chi connectivity index (χ3n) is 0. The van der Waals surface area contributed by atoms with Crippen molar-refractivity contribution >= 4 is 33.8 Å². The van der Waals surface area contributed by atoms with Gasteiger partial charge in [-0.25, -0.2) is 0 Å². The normalized spacial score (nSPS) is 3.60. The van der Waals surface area contributed by atoms with E-state index in [0.29, 0.717) is 0 Å². The molecule has 0 atom stereocenters. The number of halogens is 2. The second-order valence-electron chi connectivity index (χ2n) is 0.0583. The second-order valence-corrected chi connectivity index (χ2v) is 0.0583. The summed E-state index contributed by atoms with van der Waals surface area (Å²) in [5.74, 6) is 0. The third kappa shape index (κ3) is 42.7. The van der Waals surface area contributed by atoms with Crippen LogP contribution in [0.2, 0.25) is 0 Å². The maximum absolute atomic E-state index is 9.12. The van der Waals surface area contributed by atoms with Crippen molar-refractivity contribution < 1.29 is 14.2 Å². The molecule has 0 unspecified atom stereocenters. The Labute approximate surface area is 48.4 Å². The molecule has 0 spiro atoms. The first-order valence-electron chi connectivity index (χ1n) is 0.309. The van der Waals surface area contributed by atoms with Crippen molar-refractivity contribution in [3.8, 4) is 0 Å². The molecule has 0 saturated heterocycles. The van der Waals surface area contributed by atoms with Gasteiger partial charge in [0.25, 0.3) is 0 Å². The summed E-state index contributed by atoms with van der Waals surface area (Å²) < 4.78 is 18.2. The molecule has 0 aliphatic rings. The van der Waals surface area contributed by atoms with Gasteiger partial charge in [-0.3, -0.25) is 0 Å². The summed E-state index contributed by atoms with van der Waals surface area (Å²) in [6.07, 6.45) is 0. The molecule has 0 saturated carbocycles. The molecule has 0 aliphatic heterocycles. The first-order valence-corrected chi connectivity index (χ1v) is 0.309. The monoisotopic (exact) mass is 205 g/mol. The van der Waals surface area contributed by atoms with E-state index < -0.39 is 0 Å². The predicted molar refractivity (Wildman–Crippen MR) is 16.0 cm³/mol. The standard InChI is InChI=1S/F2O.P.Sn/c1-3-2;;. The van der Waals surface area contributed by atoms with E-state index in [1.807, 2.05) is 0 Å². The van der Waals surface area contributed by atoms with Crippen molar-refractivity contribution in [3.63, 3.8) is 0 Å². The second kappa shape index (κ2) is 19.7. The van der Waals surface area contributed by atoms with Crippen LogP contribution in [0.25, 0.3) is 0 Å². The summed E-state index contributed by atoms with van der Waals surface area (Å²) >= 11 is 0. The first kappa shape index (κ1) is 16.6. The van der Waals surface area contributed by atoms with E-state index >= 15 is 0 Å². The van der Waals surface area contributed by atoms with Crippen LogP contribution in [0.5, 0.6) is 0 Å². The summed E-state index contributed by atoms with van der Waals surface area (Å²) in [4.78, 5) is 0. The molecular formula is F2OPSn. The van der Waals surface area contributed by atoms with Crippen molar-refractivity contribution in [2.75, 3.05) is 0 Å². The molecule has 0 bridgehead atoms. The summed E-state index contributed by atoms with van der Waals surface area (Å²) in [7, 11) is 0. The molecule has 5 heavy (non-hydrogen) atoms. The van der Waals surface area contributed by atoms with Crippen LogP contribution in [0.15, 0.2) is 0 Å². The van der Waals surface area contributed by atoms with Gasteiger partial charge in [-0.2, -0.15) is 0 Å². The van der Waals surface area contributed by atoms with E-state index in [9.17, 15) is 0 Å². The summed E-state index contributed by atoms with van der Waals surface area (Å²) in [5.41, 5.74) is 0. The molecule has 0 aromatic carbocycles. The van der Waals surface area contributed by atoms with Crippen LogP contribution >= 0.6 is 9.90 Å². The van der Waals surface area contributed by atoms with E-state index in [4.69, 9.17) is 9.05 Å². The summed E-state index contributed by atoms with van der Waals surface area (Å²) in [5, 5.41) is 1.25. The molecule has 0 rings (SSSR count). The third-order valence-corrected chi connectivity index (χ3v) is 0. The molecule has 7 radical (unpaired) electrons. The quantitative estimate of drug-likeness (QED) is 0.426. The Hall–Kier alpha value is 1.05. The Morgan fingerprint density at radius 2 is 1.20 bits per heavy atom. The van der Waals surface area contributed by atoms with Crippen molar-refractivity contribution in [2.24, 2.45) is 0 Å². The zero-order valence-corrected chi connectivity index (χ0v) is 5.86. The Kier molecular flexibility index (Phi) is 65.4. The van der Waals surface area contributed by atoms with Gasteiger partial charge in [-0.1, -0.05) is 0 Å². The van der Waals surface area contributed by atoms with Crippen LogP contribution < -0.4 is 0 Å². The van der Waals surface area contributed by atoms with Gasteiger partial charge in [0.15, 0.2) is 0 Å². The average Bonchev–Trinajstić information content (AvgIpc) is 0.918. The smallest absolute Gasteiger partial charge is 0.0104 e. The summed E-state index contributed by atoms with van der Waals surface area (Å²) in [6.45, 7) is 0. The molecule has 0 N–H and O–H groups in total. The molecular weight excluding hydrogens is 204 g/mol. The van der Waals surface area contributed by atoms with Gasteiger partial charge < -0.3 is 0 Å². The van der Waals surface area contributed by atoms with Crippen LogP contribution in [0.4, 0.5) is 9.05 Å². The van der Waals surface area contributed by atoms with E-state index in [1.54, 1.807) is 0 Å². The Morgan fingerprint density at radius 3 is 1.20 bits per heavy atom. The van der Waals surface area contributed by atoms with Crippen LogP contribution in [-0.4, -0.2) is 23.9 Å². The fraction of sp³-hybridized carbons (Fsp3) is 0. The maximum Gasteiger partial charge on any atom is 0.0209 e. The molecule has 0 aliphatic carbocycles. The minimum Gasteiger partial charge on any atom is -0.0104 e. The topological polar surface area (TPSA) is 9.23 Å². The Balaban J connectivity index is -0.0000000200. The van der Waals surface area contributed by atoms with Crippen LogP contribution in [-0.2, 0) is 5.15 Å². The van der Waals surface area contributed by atoms with Crippen molar-refractivity contribution in [2.45, 2.75) is 0 Å². The van der Waals surface area contributed by atoms with Crippen molar-refractivity contribution in [3.05, 3.63) is 0 Å². The predicted octanol–water partition coefficient (Wildman–Crippen LogP) is 1.25. The number of hydrogen-bond donors (Lipinski definition) is 0. The van der Waals surface area contributed by atoms with Gasteiger partial charge in [0.2, 0.25) is 0 Å². The molecule has 0 amide bonds. The largest absolute Gasteiger partial charge is 0.0209 e. The molecule has 5 heteroatoms. The molecule has 0 heterocycles. The van der Waals surface area contributed by atoms with Crippen LogP contribution in [0.3, 0.4) is 0 Å². The molecule has 29 valence electrons. The van der Waals surface area contributed by atoms with Crippen LogP contribution in [0, 0.1) is 0 Å². The van der Waals surface area contributed by atoms with Gasteiger partial charge in [0, 0.05) is 39.0 Å². The molecule has 1 nitrogen and oxygen atoms in total. The van der Waals surface area contributed by atoms with Gasteiger partial charge in [0.1, 0.15) is 0 Å². The Bertz CT molecular complexity index is 9.61. The van der Waals surface area contributed by atoms with E-state index in [-0.39, 0.29) is 33.8 Å². The number of hydrogen-bond acceptors (Lipinski definition) is 1.